The van der Waals surface area contributed by atoms with Crippen LogP contribution in [0.1, 0.15) is 28.6 Å². The summed E-state index contributed by atoms with van der Waals surface area (Å²) in [5.74, 6) is -1.50. The molecule has 0 aliphatic carbocycles. The Balaban J connectivity index is 1.59. The Morgan fingerprint density at radius 3 is 2.53 bits per heavy atom. The van der Waals surface area contributed by atoms with E-state index in [9.17, 15) is 19.8 Å². The van der Waals surface area contributed by atoms with Crippen molar-refractivity contribution in [3.05, 3.63) is 65.3 Å². The average Bonchev–Trinajstić information content (AvgIpc) is 3.38. The number of furan rings is 1. The summed E-state index contributed by atoms with van der Waals surface area (Å²) in [4.78, 5) is 28.8. The van der Waals surface area contributed by atoms with Gasteiger partial charge in [-0.25, -0.2) is 0 Å². The number of phenolic OH excluding ortho intramolecular Hbond substituents is 1. The number of aliphatic hydroxyl groups excluding tert-OH is 1. The third-order valence-corrected chi connectivity index (χ3v) is 5.63. The maximum Gasteiger partial charge on any atom is 0.290 e. The largest absolute Gasteiger partial charge is 0.508 e. The summed E-state index contributed by atoms with van der Waals surface area (Å²) in [6.07, 6.45) is 2.10. The van der Waals surface area contributed by atoms with E-state index in [0.29, 0.717) is 12.1 Å². The number of hydrogen-bond donors (Lipinski definition) is 3. The molecular weight excluding hydrogens is 388 g/mol. The first-order chi connectivity index (χ1) is 14.6. The number of Topliss-reactive ketones (excluding diaryl/α,β-unsaturated/α-hetero) is 1. The highest BCUT2D eigenvalue weighted by Gasteiger charge is 2.44. The molecule has 0 unspecified atom stereocenters. The van der Waals surface area contributed by atoms with E-state index in [0.717, 1.165) is 39.3 Å². The van der Waals surface area contributed by atoms with Crippen LogP contribution in [0, 0.1) is 0 Å². The molecule has 30 heavy (non-hydrogen) atoms. The second-order valence-corrected chi connectivity index (χ2v) is 7.53. The number of ketones is 1. The number of ether oxygens (including phenoxy) is 1. The van der Waals surface area contributed by atoms with Gasteiger partial charge in [-0.05, 0) is 29.8 Å². The summed E-state index contributed by atoms with van der Waals surface area (Å²) in [5, 5.41) is 20.2. The summed E-state index contributed by atoms with van der Waals surface area (Å²) in [5.41, 5.74) is 0.637. The number of amides is 1. The zero-order chi connectivity index (χ0) is 21.1. The Morgan fingerprint density at radius 1 is 1.13 bits per heavy atom. The second-order valence-electron chi connectivity index (χ2n) is 7.53. The van der Waals surface area contributed by atoms with Crippen LogP contribution in [-0.2, 0) is 9.53 Å². The quantitative estimate of drug-likeness (QED) is 0.582. The molecule has 0 bridgehead atoms. The molecule has 1 atom stereocenters. The summed E-state index contributed by atoms with van der Waals surface area (Å²) < 4.78 is 10.6. The van der Waals surface area contributed by atoms with Crippen molar-refractivity contribution < 1.29 is 33.9 Å². The Labute approximate surface area is 174 Å². The van der Waals surface area contributed by atoms with E-state index in [1.54, 1.807) is 18.2 Å². The van der Waals surface area contributed by atoms with E-state index in [1.165, 1.54) is 34.3 Å². The standard InChI is InChI=1S/C22H24N2O6/c25-16-6-4-15(5-7-16)19-18(20(26)17-3-1-12-30-17)21(27)22(28)24(19)9-2-8-23-10-13-29-14-11-23/h1,3-7,12,19,25,27H,2,8-11,13-14H2/p+1/t19-/m0/s1. The van der Waals surface area contributed by atoms with Crippen molar-refractivity contribution in [3.63, 3.8) is 0 Å². The van der Waals surface area contributed by atoms with Gasteiger partial charge in [-0.15, -0.1) is 0 Å². The smallest absolute Gasteiger partial charge is 0.290 e. The normalized spacial score (nSPS) is 20.2. The van der Waals surface area contributed by atoms with Gasteiger partial charge in [0.05, 0.1) is 37.6 Å². The lowest BCUT2D eigenvalue weighted by atomic mass is 9.95. The van der Waals surface area contributed by atoms with Crippen molar-refractivity contribution in [3.8, 4) is 5.75 Å². The molecule has 8 heteroatoms. The van der Waals surface area contributed by atoms with Gasteiger partial charge >= 0.3 is 0 Å². The summed E-state index contributed by atoms with van der Waals surface area (Å²) in [7, 11) is 0. The molecule has 0 saturated carbocycles. The third-order valence-electron chi connectivity index (χ3n) is 5.63. The van der Waals surface area contributed by atoms with Gasteiger partial charge in [0.2, 0.25) is 5.78 Å². The predicted molar refractivity (Wildman–Crippen MR) is 106 cm³/mol. The maximum absolute atomic E-state index is 13.0. The number of nitrogens with one attached hydrogen (secondary N) is 1. The Morgan fingerprint density at radius 2 is 1.87 bits per heavy atom. The summed E-state index contributed by atoms with van der Waals surface area (Å²) in [6.45, 7) is 4.60. The van der Waals surface area contributed by atoms with Crippen molar-refractivity contribution in [2.24, 2.45) is 0 Å². The number of phenols is 1. The SMILES string of the molecule is O=C(C1=C(O)C(=O)N(CCC[NH+]2CCOCC2)[C@H]1c1ccc(O)cc1)c1ccco1. The van der Waals surface area contributed by atoms with Crippen LogP contribution in [-0.4, -0.2) is 66.2 Å². The molecule has 8 nitrogen and oxygen atoms in total. The van der Waals surface area contributed by atoms with E-state index >= 15 is 0 Å². The minimum atomic E-state index is -0.740. The van der Waals surface area contributed by atoms with Crippen LogP contribution in [0.5, 0.6) is 5.75 Å². The van der Waals surface area contributed by atoms with Crippen LogP contribution in [0.15, 0.2) is 58.4 Å². The number of nitrogens with zero attached hydrogens (tertiary/aromatic N) is 1. The molecule has 158 valence electrons. The fourth-order valence-corrected chi connectivity index (χ4v) is 4.07. The third kappa shape index (κ3) is 3.96. The molecule has 0 spiro atoms. The number of carbonyl (C=O) groups excluding carboxylic acids is 2. The van der Waals surface area contributed by atoms with Crippen molar-refractivity contribution in [1.29, 1.82) is 0 Å². The van der Waals surface area contributed by atoms with E-state index in [2.05, 4.69) is 0 Å². The Bertz CT molecular complexity index is 929. The molecule has 1 aromatic heterocycles. The molecule has 3 heterocycles. The van der Waals surface area contributed by atoms with E-state index < -0.39 is 23.5 Å². The topological polar surface area (TPSA) is 105 Å². The number of aliphatic hydroxyl groups is 1. The molecule has 1 amide bonds. The molecule has 3 N–H and O–H groups in total. The first kappa shape index (κ1) is 20.2. The number of rotatable bonds is 7. The lowest BCUT2D eigenvalue weighted by Gasteiger charge is -2.28. The van der Waals surface area contributed by atoms with Gasteiger partial charge in [0, 0.05) is 13.0 Å². The molecule has 2 aliphatic heterocycles. The molecule has 1 aromatic carbocycles. The number of quaternary nitrogens is 1. The Hall–Kier alpha value is -3.10. The molecule has 2 aromatic rings. The van der Waals surface area contributed by atoms with Gasteiger partial charge in [0.1, 0.15) is 18.8 Å². The van der Waals surface area contributed by atoms with Gasteiger partial charge in [-0.1, -0.05) is 12.1 Å². The maximum atomic E-state index is 13.0. The predicted octanol–water partition coefficient (Wildman–Crippen LogP) is 0.869. The van der Waals surface area contributed by atoms with Crippen LogP contribution in [0.2, 0.25) is 0 Å². The van der Waals surface area contributed by atoms with Gasteiger partial charge in [-0.2, -0.15) is 0 Å². The van der Waals surface area contributed by atoms with Crippen molar-refractivity contribution in [1.82, 2.24) is 4.90 Å². The minimum Gasteiger partial charge on any atom is -0.508 e. The van der Waals surface area contributed by atoms with E-state index in [1.807, 2.05) is 0 Å². The average molecular weight is 413 g/mol. The minimum absolute atomic E-state index is 0.000593. The highest BCUT2D eigenvalue weighted by atomic mass is 16.5. The molecule has 2 aliphatic rings. The molecule has 1 fully saturated rings. The monoisotopic (exact) mass is 413 g/mol. The van der Waals surface area contributed by atoms with Crippen molar-refractivity contribution in [2.45, 2.75) is 12.5 Å². The lowest BCUT2D eigenvalue weighted by molar-refractivity contribution is -0.908. The fraction of sp³-hybridized carbons (Fsp3) is 0.364. The fourth-order valence-electron chi connectivity index (χ4n) is 4.07. The zero-order valence-corrected chi connectivity index (χ0v) is 16.5. The molecular formula is C22H25N2O6+. The number of morpholine rings is 1. The highest BCUT2D eigenvalue weighted by molar-refractivity contribution is 6.15. The van der Waals surface area contributed by atoms with Gasteiger partial charge < -0.3 is 29.2 Å². The van der Waals surface area contributed by atoms with Crippen LogP contribution in [0.4, 0.5) is 0 Å². The molecule has 1 saturated heterocycles. The van der Waals surface area contributed by atoms with Crippen molar-refractivity contribution >= 4 is 11.7 Å². The van der Waals surface area contributed by atoms with Gasteiger partial charge in [-0.3, -0.25) is 9.59 Å². The summed E-state index contributed by atoms with van der Waals surface area (Å²) >= 11 is 0. The Kier molecular flexibility index (Phi) is 5.87. The van der Waals surface area contributed by atoms with Crippen LogP contribution < -0.4 is 4.90 Å². The number of aromatic hydroxyl groups is 1. The lowest BCUT2D eigenvalue weighted by Crippen LogP contribution is -3.14. The van der Waals surface area contributed by atoms with Crippen LogP contribution >= 0.6 is 0 Å². The zero-order valence-electron chi connectivity index (χ0n) is 16.5. The van der Waals surface area contributed by atoms with Crippen LogP contribution in [0.25, 0.3) is 0 Å². The van der Waals surface area contributed by atoms with E-state index in [4.69, 9.17) is 9.15 Å². The number of carbonyl (C=O) groups is 2. The second kappa shape index (κ2) is 8.73. The highest BCUT2D eigenvalue weighted by Crippen LogP contribution is 2.39. The summed E-state index contributed by atoms with van der Waals surface area (Å²) in [6, 6.07) is 8.66. The van der Waals surface area contributed by atoms with E-state index in [-0.39, 0.29) is 17.1 Å². The van der Waals surface area contributed by atoms with Gasteiger partial charge in [0.25, 0.3) is 5.91 Å². The van der Waals surface area contributed by atoms with Gasteiger partial charge in [0.15, 0.2) is 11.5 Å². The first-order valence-electron chi connectivity index (χ1n) is 10.1. The number of benzene rings is 1. The molecule has 0 radical (unpaired) electrons. The van der Waals surface area contributed by atoms with Crippen LogP contribution in [0.3, 0.4) is 0 Å². The first-order valence-corrected chi connectivity index (χ1v) is 10.1. The number of hydrogen-bond acceptors (Lipinski definition) is 6. The molecule has 4 rings (SSSR count). The van der Waals surface area contributed by atoms with Crippen molar-refractivity contribution in [2.75, 3.05) is 39.4 Å².